The van der Waals surface area contributed by atoms with Gasteiger partial charge in [0, 0.05) is 30.5 Å². The van der Waals surface area contributed by atoms with Crippen molar-refractivity contribution in [2.24, 2.45) is 5.92 Å². The van der Waals surface area contributed by atoms with E-state index in [9.17, 15) is 5.11 Å². The minimum Gasteiger partial charge on any atom is -0.388 e. The molecule has 1 N–H and O–H groups in total. The lowest BCUT2D eigenvalue weighted by Gasteiger charge is -2.24. The fourth-order valence-corrected chi connectivity index (χ4v) is 3.70. The first kappa shape index (κ1) is 13.2. The molecule has 3 rings (SSSR count). The van der Waals surface area contributed by atoms with Crippen LogP contribution in [0.15, 0.2) is 12.3 Å². The Morgan fingerprint density at radius 2 is 2.05 bits per heavy atom. The van der Waals surface area contributed by atoms with Gasteiger partial charge in [-0.3, -0.25) is 0 Å². The molecule has 0 radical (unpaired) electrons. The lowest BCUT2D eigenvalue weighted by Crippen LogP contribution is -2.28. The zero-order chi connectivity index (χ0) is 13.2. The highest BCUT2D eigenvalue weighted by Gasteiger charge is 2.22. The van der Waals surface area contributed by atoms with Gasteiger partial charge < -0.3 is 14.6 Å². The molecule has 0 aromatic carbocycles. The zero-order valence-corrected chi connectivity index (χ0v) is 12.0. The number of rotatable bonds is 4. The van der Waals surface area contributed by atoms with Gasteiger partial charge in [0.2, 0.25) is 0 Å². The molecule has 1 aromatic heterocycles. The fraction of sp³-hybridized carbons (Fsp3) is 0.750. The van der Waals surface area contributed by atoms with Gasteiger partial charge in [-0.1, -0.05) is 6.92 Å². The third kappa shape index (κ3) is 2.87. The van der Waals surface area contributed by atoms with Gasteiger partial charge in [0.25, 0.3) is 0 Å². The van der Waals surface area contributed by atoms with Crippen LogP contribution in [0.2, 0.25) is 0 Å². The van der Waals surface area contributed by atoms with Crippen LogP contribution in [0.4, 0.5) is 0 Å². The summed E-state index contributed by atoms with van der Waals surface area (Å²) in [5.41, 5.74) is 2.56. The van der Waals surface area contributed by atoms with E-state index in [0.717, 1.165) is 25.8 Å². The first-order valence-corrected chi connectivity index (χ1v) is 7.82. The molecule has 0 saturated carbocycles. The molecule has 3 heteroatoms. The Balaban J connectivity index is 1.63. The van der Waals surface area contributed by atoms with E-state index in [2.05, 4.69) is 28.7 Å². The van der Waals surface area contributed by atoms with E-state index in [-0.39, 0.29) is 6.10 Å². The normalized spacial score (nSPS) is 25.5. The minimum atomic E-state index is -0.223. The predicted octanol–water partition coefficient (Wildman–Crippen LogP) is 2.59. The van der Waals surface area contributed by atoms with Gasteiger partial charge in [0.1, 0.15) is 0 Å². The molecule has 1 aromatic rings. The smallest absolute Gasteiger partial charge is 0.0807 e. The molecule has 106 valence electrons. The summed E-state index contributed by atoms with van der Waals surface area (Å²) in [5.74, 6) is 0.689. The van der Waals surface area contributed by atoms with Crippen molar-refractivity contribution in [3.05, 3.63) is 23.5 Å². The Hall–Kier alpha value is -0.800. The number of fused-ring (bicyclic) bond motifs is 1. The highest BCUT2D eigenvalue weighted by Crippen LogP contribution is 2.30. The van der Waals surface area contributed by atoms with Crippen molar-refractivity contribution in [2.75, 3.05) is 19.6 Å². The van der Waals surface area contributed by atoms with Crippen LogP contribution in [0.3, 0.4) is 0 Å². The largest absolute Gasteiger partial charge is 0.388 e. The SMILES string of the molecule is CC(CN1CCCC1)Cn1ccc2c1CCCC2O. The minimum absolute atomic E-state index is 0.223. The molecule has 0 amide bonds. The summed E-state index contributed by atoms with van der Waals surface area (Å²) >= 11 is 0. The van der Waals surface area contributed by atoms with Crippen LogP contribution in [0, 0.1) is 5.92 Å². The highest BCUT2D eigenvalue weighted by atomic mass is 16.3. The number of aromatic nitrogens is 1. The van der Waals surface area contributed by atoms with Crippen LogP contribution in [-0.4, -0.2) is 34.2 Å². The summed E-state index contributed by atoms with van der Waals surface area (Å²) in [6.45, 7) is 7.23. The molecule has 0 spiro atoms. The number of hydrogen-bond donors (Lipinski definition) is 1. The Morgan fingerprint density at radius 3 is 2.84 bits per heavy atom. The molecule has 2 heterocycles. The van der Waals surface area contributed by atoms with Gasteiger partial charge >= 0.3 is 0 Å². The first-order valence-electron chi connectivity index (χ1n) is 7.82. The van der Waals surface area contributed by atoms with Crippen LogP contribution in [0.1, 0.15) is 50.0 Å². The summed E-state index contributed by atoms with van der Waals surface area (Å²) in [4.78, 5) is 2.59. The molecule has 2 atom stereocenters. The Bertz CT molecular complexity index is 420. The molecular weight excluding hydrogens is 236 g/mol. The van der Waals surface area contributed by atoms with Crippen molar-refractivity contribution in [3.63, 3.8) is 0 Å². The van der Waals surface area contributed by atoms with Crippen molar-refractivity contribution in [2.45, 2.75) is 51.7 Å². The standard InChI is InChI=1S/C16H26N2O/c1-13(11-17-8-2-3-9-17)12-18-10-7-14-15(18)5-4-6-16(14)19/h7,10,13,16,19H,2-6,8-9,11-12H2,1H3. The quantitative estimate of drug-likeness (QED) is 0.903. The molecule has 19 heavy (non-hydrogen) atoms. The third-order valence-electron chi connectivity index (χ3n) is 4.64. The average molecular weight is 262 g/mol. The van der Waals surface area contributed by atoms with E-state index >= 15 is 0 Å². The van der Waals surface area contributed by atoms with Crippen LogP contribution >= 0.6 is 0 Å². The van der Waals surface area contributed by atoms with E-state index < -0.39 is 0 Å². The van der Waals surface area contributed by atoms with Gasteiger partial charge in [-0.15, -0.1) is 0 Å². The molecule has 1 aliphatic heterocycles. The van der Waals surface area contributed by atoms with E-state index in [1.165, 1.54) is 43.7 Å². The maximum absolute atomic E-state index is 10.0. The van der Waals surface area contributed by atoms with E-state index in [1.54, 1.807) is 0 Å². The predicted molar refractivity (Wildman–Crippen MR) is 77.2 cm³/mol. The van der Waals surface area contributed by atoms with Crippen molar-refractivity contribution in [1.82, 2.24) is 9.47 Å². The number of aliphatic hydroxyl groups excluding tert-OH is 1. The van der Waals surface area contributed by atoms with Gasteiger partial charge in [-0.2, -0.15) is 0 Å². The van der Waals surface area contributed by atoms with Crippen molar-refractivity contribution < 1.29 is 5.11 Å². The second-order valence-corrected chi connectivity index (χ2v) is 6.39. The van der Waals surface area contributed by atoms with Crippen LogP contribution < -0.4 is 0 Å². The number of nitrogens with zero attached hydrogens (tertiary/aromatic N) is 2. The van der Waals surface area contributed by atoms with Gasteiger partial charge in [-0.25, -0.2) is 0 Å². The molecule has 0 bridgehead atoms. The summed E-state index contributed by atoms with van der Waals surface area (Å²) in [6, 6.07) is 2.13. The van der Waals surface area contributed by atoms with E-state index in [1.807, 2.05) is 0 Å². The second-order valence-electron chi connectivity index (χ2n) is 6.39. The van der Waals surface area contributed by atoms with Gasteiger partial charge in [0.05, 0.1) is 6.10 Å². The maximum Gasteiger partial charge on any atom is 0.0807 e. The van der Waals surface area contributed by atoms with E-state index in [4.69, 9.17) is 0 Å². The van der Waals surface area contributed by atoms with Crippen LogP contribution in [-0.2, 0) is 13.0 Å². The van der Waals surface area contributed by atoms with Crippen LogP contribution in [0.25, 0.3) is 0 Å². The summed E-state index contributed by atoms with van der Waals surface area (Å²) in [7, 11) is 0. The number of aliphatic hydroxyl groups is 1. The second kappa shape index (κ2) is 5.68. The molecule has 3 nitrogen and oxygen atoms in total. The van der Waals surface area contributed by atoms with Gasteiger partial charge in [0.15, 0.2) is 0 Å². The first-order chi connectivity index (χ1) is 9.24. The summed E-state index contributed by atoms with van der Waals surface area (Å²) in [5, 5.41) is 10.0. The Labute approximate surface area is 116 Å². The average Bonchev–Trinajstić information content (AvgIpc) is 3.01. The topological polar surface area (TPSA) is 28.4 Å². The zero-order valence-electron chi connectivity index (χ0n) is 12.0. The third-order valence-corrected chi connectivity index (χ3v) is 4.64. The monoisotopic (exact) mass is 262 g/mol. The fourth-order valence-electron chi connectivity index (χ4n) is 3.70. The van der Waals surface area contributed by atoms with Gasteiger partial charge in [-0.05, 0) is 57.2 Å². The Kier molecular flexibility index (Phi) is 3.94. The number of hydrogen-bond acceptors (Lipinski definition) is 2. The molecule has 1 fully saturated rings. The molecule has 2 unspecified atom stereocenters. The lowest BCUT2D eigenvalue weighted by atomic mass is 9.95. The Morgan fingerprint density at radius 1 is 1.26 bits per heavy atom. The highest BCUT2D eigenvalue weighted by molar-refractivity contribution is 5.27. The molecular formula is C16H26N2O. The molecule has 1 aliphatic carbocycles. The van der Waals surface area contributed by atoms with Crippen molar-refractivity contribution in [3.8, 4) is 0 Å². The van der Waals surface area contributed by atoms with E-state index in [0.29, 0.717) is 5.92 Å². The van der Waals surface area contributed by atoms with Crippen molar-refractivity contribution >= 4 is 0 Å². The molecule has 2 aliphatic rings. The lowest BCUT2D eigenvalue weighted by molar-refractivity contribution is 0.155. The molecule has 1 saturated heterocycles. The summed E-state index contributed by atoms with van der Waals surface area (Å²) < 4.78 is 2.39. The van der Waals surface area contributed by atoms with Crippen molar-refractivity contribution in [1.29, 1.82) is 0 Å². The number of likely N-dealkylation sites (tertiary alicyclic amines) is 1. The summed E-state index contributed by atoms with van der Waals surface area (Å²) in [6.07, 6.45) is 7.89. The van der Waals surface area contributed by atoms with Crippen LogP contribution in [0.5, 0.6) is 0 Å². The maximum atomic E-state index is 10.0.